The van der Waals surface area contributed by atoms with Gasteiger partial charge in [0.2, 0.25) is 11.8 Å². The lowest BCUT2D eigenvalue weighted by Crippen LogP contribution is -2.35. The minimum atomic E-state index is -0.138. The lowest BCUT2D eigenvalue weighted by atomic mass is 9.96. The predicted molar refractivity (Wildman–Crippen MR) is 99.3 cm³/mol. The van der Waals surface area contributed by atoms with Crippen molar-refractivity contribution >= 4 is 29.3 Å². The summed E-state index contributed by atoms with van der Waals surface area (Å²) in [6, 6.07) is 7.55. The summed E-state index contributed by atoms with van der Waals surface area (Å²) in [5.74, 6) is 0.675. The van der Waals surface area contributed by atoms with E-state index >= 15 is 0 Å². The first-order valence-electron chi connectivity index (χ1n) is 8.57. The molecule has 1 saturated heterocycles. The van der Waals surface area contributed by atoms with E-state index in [-0.39, 0.29) is 17.1 Å². The Morgan fingerprint density at radius 1 is 1.33 bits per heavy atom. The Morgan fingerprint density at radius 3 is 2.71 bits per heavy atom. The van der Waals surface area contributed by atoms with Gasteiger partial charge in [0.1, 0.15) is 0 Å². The van der Waals surface area contributed by atoms with Crippen molar-refractivity contribution < 1.29 is 9.59 Å². The van der Waals surface area contributed by atoms with E-state index in [0.29, 0.717) is 5.92 Å². The second-order valence-electron chi connectivity index (χ2n) is 6.26. The zero-order valence-electron chi connectivity index (χ0n) is 14.4. The molecule has 1 heterocycles. The molecule has 0 bridgehead atoms. The average Bonchev–Trinajstić information content (AvgIpc) is 2.57. The zero-order chi connectivity index (χ0) is 17.4. The van der Waals surface area contributed by atoms with Crippen LogP contribution in [0.4, 0.5) is 5.69 Å². The number of benzene rings is 1. The fourth-order valence-corrected chi connectivity index (χ4v) is 3.68. The molecule has 1 aliphatic heterocycles. The highest BCUT2D eigenvalue weighted by molar-refractivity contribution is 8.00. The molecule has 1 fully saturated rings. The number of anilines is 1. The maximum Gasteiger partial charge on any atom is 0.233 e. The lowest BCUT2D eigenvalue weighted by molar-refractivity contribution is -0.120. The Labute approximate surface area is 148 Å². The van der Waals surface area contributed by atoms with Gasteiger partial charge < -0.3 is 16.0 Å². The van der Waals surface area contributed by atoms with Gasteiger partial charge in [-0.05, 0) is 69.5 Å². The first-order chi connectivity index (χ1) is 11.5. The summed E-state index contributed by atoms with van der Waals surface area (Å²) >= 11 is 1.53. The molecule has 2 unspecified atom stereocenters. The Bertz CT molecular complexity index is 542. The van der Waals surface area contributed by atoms with Gasteiger partial charge in [0.25, 0.3) is 0 Å². The normalized spacial score (nSPS) is 18.7. The Morgan fingerprint density at radius 2 is 2.08 bits per heavy atom. The van der Waals surface area contributed by atoms with Crippen LogP contribution in [0.5, 0.6) is 0 Å². The summed E-state index contributed by atoms with van der Waals surface area (Å²) in [5, 5.41) is 9.04. The summed E-state index contributed by atoms with van der Waals surface area (Å²) < 4.78 is 0. The number of thioether (sulfide) groups is 1. The van der Waals surface area contributed by atoms with Gasteiger partial charge in [-0.3, -0.25) is 9.59 Å². The van der Waals surface area contributed by atoms with Crippen molar-refractivity contribution in [2.45, 2.75) is 43.3 Å². The van der Waals surface area contributed by atoms with E-state index in [1.165, 1.54) is 31.5 Å². The van der Waals surface area contributed by atoms with Gasteiger partial charge in [-0.2, -0.15) is 0 Å². The molecule has 132 valence electrons. The van der Waals surface area contributed by atoms with Gasteiger partial charge >= 0.3 is 0 Å². The van der Waals surface area contributed by atoms with Crippen LogP contribution in [0, 0.1) is 5.92 Å². The summed E-state index contributed by atoms with van der Waals surface area (Å²) in [6.07, 6.45) is 3.54. The predicted octanol–water partition coefficient (Wildman–Crippen LogP) is 2.63. The van der Waals surface area contributed by atoms with Crippen LogP contribution in [0.25, 0.3) is 0 Å². The van der Waals surface area contributed by atoms with Crippen LogP contribution in [0.2, 0.25) is 0 Å². The Balaban J connectivity index is 1.71. The van der Waals surface area contributed by atoms with Gasteiger partial charge in [-0.1, -0.05) is 0 Å². The highest BCUT2D eigenvalue weighted by Crippen LogP contribution is 2.25. The molecule has 24 heavy (non-hydrogen) atoms. The molecule has 2 atom stereocenters. The average molecular weight is 350 g/mol. The van der Waals surface area contributed by atoms with Crippen molar-refractivity contribution in [2.75, 3.05) is 25.0 Å². The number of carbonyl (C=O) groups excluding carboxylic acids is 2. The molecule has 0 radical (unpaired) electrons. The third kappa shape index (κ3) is 6.53. The highest BCUT2D eigenvalue weighted by Gasteiger charge is 2.16. The topological polar surface area (TPSA) is 70.2 Å². The van der Waals surface area contributed by atoms with E-state index in [1.54, 1.807) is 0 Å². The molecule has 1 aromatic carbocycles. The molecule has 3 N–H and O–H groups in total. The third-order valence-corrected chi connectivity index (χ3v) is 5.22. The molecule has 5 nitrogen and oxygen atoms in total. The van der Waals surface area contributed by atoms with E-state index in [1.807, 2.05) is 31.2 Å². The molecule has 0 aromatic heterocycles. The molecule has 0 spiro atoms. The number of rotatable bonds is 7. The standard InChI is InChI=1S/C18H27N3O2S/c1-13(18(23)20-11-9-15-4-3-10-19-12-15)24-17-7-5-16(6-8-17)21-14(2)22/h5-8,13,15,19H,3-4,9-12H2,1-2H3,(H,20,23)(H,21,22). The molecule has 1 aliphatic rings. The second kappa shape index (κ2) is 9.69. The zero-order valence-corrected chi connectivity index (χ0v) is 15.2. The van der Waals surface area contributed by atoms with Gasteiger partial charge in [-0.25, -0.2) is 0 Å². The first kappa shape index (κ1) is 18.8. The molecular weight excluding hydrogens is 322 g/mol. The Kier molecular flexibility index (Phi) is 7.59. The maximum atomic E-state index is 12.2. The second-order valence-corrected chi connectivity index (χ2v) is 7.67. The van der Waals surface area contributed by atoms with Crippen LogP contribution >= 0.6 is 11.8 Å². The van der Waals surface area contributed by atoms with E-state index in [9.17, 15) is 9.59 Å². The van der Waals surface area contributed by atoms with E-state index < -0.39 is 0 Å². The summed E-state index contributed by atoms with van der Waals surface area (Å²) in [5.41, 5.74) is 0.769. The lowest BCUT2D eigenvalue weighted by Gasteiger charge is -2.23. The number of amides is 2. The fraction of sp³-hybridized carbons (Fsp3) is 0.556. The van der Waals surface area contributed by atoms with Crippen LogP contribution in [0.15, 0.2) is 29.2 Å². The number of piperidine rings is 1. The van der Waals surface area contributed by atoms with E-state index in [0.717, 1.165) is 36.6 Å². The fourth-order valence-electron chi connectivity index (χ4n) is 2.79. The summed E-state index contributed by atoms with van der Waals surface area (Å²) in [7, 11) is 0. The molecule has 0 saturated carbocycles. The largest absolute Gasteiger partial charge is 0.355 e. The Hall–Kier alpha value is -1.53. The number of carbonyl (C=O) groups is 2. The SMILES string of the molecule is CC(=O)Nc1ccc(SC(C)C(=O)NCCC2CCCNC2)cc1. The maximum absolute atomic E-state index is 12.2. The number of hydrogen-bond donors (Lipinski definition) is 3. The van der Waals surface area contributed by atoms with Crippen LogP contribution in [0.3, 0.4) is 0 Å². The van der Waals surface area contributed by atoms with Gasteiger partial charge in [-0.15, -0.1) is 11.8 Å². The molecular formula is C18H27N3O2S. The van der Waals surface area contributed by atoms with E-state index in [4.69, 9.17) is 0 Å². The molecule has 1 aromatic rings. The molecule has 2 amide bonds. The van der Waals surface area contributed by atoms with Gasteiger partial charge in [0.15, 0.2) is 0 Å². The smallest absolute Gasteiger partial charge is 0.233 e. The summed E-state index contributed by atoms with van der Waals surface area (Å²) in [4.78, 5) is 24.2. The van der Waals surface area contributed by atoms with Gasteiger partial charge in [0, 0.05) is 24.1 Å². The highest BCUT2D eigenvalue weighted by atomic mass is 32.2. The number of hydrogen-bond acceptors (Lipinski definition) is 4. The van der Waals surface area contributed by atoms with Crippen molar-refractivity contribution in [3.05, 3.63) is 24.3 Å². The third-order valence-electron chi connectivity index (χ3n) is 4.11. The van der Waals surface area contributed by atoms with Crippen molar-refractivity contribution in [3.8, 4) is 0 Å². The van der Waals surface area contributed by atoms with Crippen LogP contribution < -0.4 is 16.0 Å². The van der Waals surface area contributed by atoms with Crippen molar-refractivity contribution in [1.29, 1.82) is 0 Å². The van der Waals surface area contributed by atoms with Gasteiger partial charge in [0.05, 0.1) is 5.25 Å². The molecule has 0 aliphatic carbocycles. The van der Waals surface area contributed by atoms with Crippen LogP contribution in [0.1, 0.15) is 33.1 Å². The van der Waals surface area contributed by atoms with Crippen molar-refractivity contribution in [2.24, 2.45) is 5.92 Å². The van der Waals surface area contributed by atoms with E-state index in [2.05, 4.69) is 16.0 Å². The summed E-state index contributed by atoms with van der Waals surface area (Å²) in [6.45, 7) is 6.35. The first-order valence-corrected chi connectivity index (χ1v) is 9.45. The van der Waals surface area contributed by atoms with Crippen molar-refractivity contribution in [3.63, 3.8) is 0 Å². The van der Waals surface area contributed by atoms with Crippen molar-refractivity contribution in [1.82, 2.24) is 10.6 Å². The quantitative estimate of drug-likeness (QED) is 0.662. The van der Waals surface area contributed by atoms with Crippen LogP contribution in [-0.4, -0.2) is 36.7 Å². The minimum absolute atomic E-state index is 0.0784. The number of nitrogens with one attached hydrogen (secondary N) is 3. The monoisotopic (exact) mass is 349 g/mol. The molecule has 2 rings (SSSR count). The minimum Gasteiger partial charge on any atom is -0.355 e. The molecule has 6 heteroatoms. The van der Waals surface area contributed by atoms with Crippen LogP contribution in [-0.2, 0) is 9.59 Å².